The third-order valence-corrected chi connectivity index (χ3v) is 2.93. The Bertz CT molecular complexity index is 573. The van der Waals surface area contributed by atoms with Crippen molar-refractivity contribution in [1.29, 1.82) is 0 Å². The fourth-order valence-electron chi connectivity index (χ4n) is 1.71. The van der Waals surface area contributed by atoms with Crippen LogP contribution in [0.25, 0.3) is 0 Å². The van der Waals surface area contributed by atoms with Crippen LogP contribution in [0.2, 0.25) is 0 Å². The monoisotopic (exact) mass is 278 g/mol. The molecule has 5 heteroatoms. The number of aromatic nitrogens is 1. The van der Waals surface area contributed by atoms with E-state index in [1.165, 1.54) is 0 Å². The van der Waals surface area contributed by atoms with E-state index >= 15 is 0 Å². The Morgan fingerprint density at radius 3 is 2.70 bits per heavy atom. The topological polar surface area (TPSA) is 48.1 Å². The number of nitrogens with two attached hydrogens (primary N) is 1. The molecular formula is C15H16F2N2O. The smallest absolute Gasteiger partial charge is 0.219 e. The van der Waals surface area contributed by atoms with E-state index in [0.717, 1.165) is 36.6 Å². The quantitative estimate of drug-likeness (QED) is 0.911. The van der Waals surface area contributed by atoms with Gasteiger partial charge in [-0.3, -0.25) is 0 Å². The van der Waals surface area contributed by atoms with Gasteiger partial charge in [-0.2, -0.15) is 0 Å². The van der Waals surface area contributed by atoms with Crippen molar-refractivity contribution in [3.63, 3.8) is 0 Å². The Balaban J connectivity index is 2.09. The van der Waals surface area contributed by atoms with E-state index in [4.69, 9.17) is 10.5 Å². The molecule has 1 aromatic heterocycles. The highest BCUT2D eigenvalue weighted by molar-refractivity contribution is 5.30. The minimum atomic E-state index is -0.634. The van der Waals surface area contributed by atoms with Gasteiger partial charge in [-0.15, -0.1) is 0 Å². The summed E-state index contributed by atoms with van der Waals surface area (Å²) < 4.78 is 31.7. The molecule has 2 aromatic rings. The van der Waals surface area contributed by atoms with Gasteiger partial charge in [0.1, 0.15) is 5.82 Å². The minimum Gasteiger partial charge on any atom is -0.436 e. The van der Waals surface area contributed by atoms with Gasteiger partial charge in [-0.05, 0) is 30.5 Å². The molecule has 3 nitrogen and oxygen atoms in total. The van der Waals surface area contributed by atoms with Crippen LogP contribution in [-0.2, 0) is 6.42 Å². The van der Waals surface area contributed by atoms with Gasteiger partial charge in [0, 0.05) is 24.4 Å². The second kappa shape index (κ2) is 6.43. The maximum absolute atomic E-state index is 13.4. The lowest BCUT2D eigenvalue weighted by molar-refractivity contribution is 0.422. The third kappa shape index (κ3) is 3.74. The molecule has 0 aliphatic heterocycles. The fraction of sp³-hybridized carbons (Fsp3) is 0.267. The molecule has 1 unspecified atom stereocenters. The Morgan fingerprint density at radius 2 is 2.05 bits per heavy atom. The van der Waals surface area contributed by atoms with Crippen molar-refractivity contribution in [3.8, 4) is 11.6 Å². The highest BCUT2D eigenvalue weighted by Gasteiger charge is 2.08. The molecule has 1 atom stereocenters. The number of pyridine rings is 1. The molecule has 1 aromatic carbocycles. The largest absolute Gasteiger partial charge is 0.436 e. The van der Waals surface area contributed by atoms with Crippen LogP contribution in [-0.4, -0.2) is 11.0 Å². The van der Waals surface area contributed by atoms with Gasteiger partial charge in [-0.25, -0.2) is 13.8 Å². The SMILES string of the molecule is CCC(N)Cc1ccc(Oc2cc(F)ccc2F)nc1. The van der Waals surface area contributed by atoms with Crippen molar-refractivity contribution < 1.29 is 13.5 Å². The Kier molecular flexibility index (Phi) is 4.63. The first-order valence-electron chi connectivity index (χ1n) is 6.42. The van der Waals surface area contributed by atoms with E-state index in [1.54, 1.807) is 12.3 Å². The lowest BCUT2D eigenvalue weighted by Crippen LogP contribution is -2.21. The molecule has 106 valence electrons. The summed E-state index contributed by atoms with van der Waals surface area (Å²) in [5, 5.41) is 0. The number of hydrogen-bond donors (Lipinski definition) is 1. The summed E-state index contributed by atoms with van der Waals surface area (Å²) in [6.45, 7) is 2.02. The van der Waals surface area contributed by atoms with E-state index in [1.807, 2.05) is 13.0 Å². The molecule has 20 heavy (non-hydrogen) atoms. The highest BCUT2D eigenvalue weighted by Crippen LogP contribution is 2.23. The number of hydrogen-bond acceptors (Lipinski definition) is 3. The summed E-state index contributed by atoms with van der Waals surface area (Å²) in [7, 11) is 0. The first-order chi connectivity index (χ1) is 9.58. The number of rotatable bonds is 5. The fourth-order valence-corrected chi connectivity index (χ4v) is 1.71. The molecule has 0 aliphatic carbocycles. The lowest BCUT2D eigenvalue weighted by Gasteiger charge is -2.09. The zero-order chi connectivity index (χ0) is 14.5. The number of nitrogens with zero attached hydrogens (tertiary/aromatic N) is 1. The predicted octanol–water partition coefficient (Wildman–Crippen LogP) is 3.43. The van der Waals surface area contributed by atoms with E-state index in [0.29, 0.717) is 0 Å². The Morgan fingerprint density at radius 1 is 1.25 bits per heavy atom. The summed E-state index contributed by atoms with van der Waals surface area (Å²) in [6, 6.07) is 6.54. The molecule has 0 amide bonds. The van der Waals surface area contributed by atoms with E-state index < -0.39 is 11.6 Å². The van der Waals surface area contributed by atoms with Crippen LogP contribution in [0.4, 0.5) is 8.78 Å². The predicted molar refractivity (Wildman–Crippen MR) is 72.6 cm³/mol. The van der Waals surface area contributed by atoms with E-state index in [-0.39, 0.29) is 17.7 Å². The Hall–Kier alpha value is -2.01. The van der Waals surface area contributed by atoms with E-state index in [2.05, 4.69) is 4.98 Å². The molecule has 0 fully saturated rings. The summed E-state index contributed by atoms with van der Waals surface area (Å²) >= 11 is 0. The van der Waals surface area contributed by atoms with Crippen LogP contribution in [0, 0.1) is 11.6 Å². The van der Waals surface area contributed by atoms with Crippen molar-refractivity contribution in [3.05, 3.63) is 53.7 Å². The summed E-state index contributed by atoms with van der Waals surface area (Å²) in [4.78, 5) is 4.07. The van der Waals surface area contributed by atoms with Crippen LogP contribution >= 0.6 is 0 Å². The molecule has 0 saturated carbocycles. The molecule has 0 radical (unpaired) electrons. The van der Waals surface area contributed by atoms with Crippen LogP contribution in [0.1, 0.15) is 18.9 Å². The van der Waals surface area contributed by atoms with Crippen LogP contribution in [0.3, 0.4) is 0 Å². The maximum Gasteiger partial charge on any atom is 0.219 e. The molecular weight excluding hydrogens is 262 g/mol. The molecule has 0 aliphatic rings. The molecule has 0 saturated heterocycles. The molecule has 0 spiro atoms. The van der Waals surface area contributed by atoms with Gasteiger partial charge >= 0.3 is 0 Å². The van der Waals surface area contributed by atoms with Gasteiger partial charge in [0.15, 0.2) is 11.6 Å². The molecule has 2 N–H and O–H groups in total. The van der Waals surface area contributed by atoms with Crippen molar-refractivity contribution in [2.45, 2.75) is 25.8 Å². The molecule has 1 heterocycles. The van der Waals surface area contributed by atoms with Gasteiger partial charge in [-0.1, -0.05) is 13.0 Å². The summed E-state index contributed by atoms with van der Waals surface area (Å²) in [5.41, 5.74) is 6.83. The van der Waals surface area contributed by atoms with Crippen LogP contribution < -0.4 is 10.5 Å². The normalized spacial score (nSPS) is 12.2. The first-order valence-corrected chi connectivity index (χ1v) is 6.42. The zero-order valence-electron chi connectivity index (χ0n) is 11.1. The number of benzene rings is 1. The zero-order valence-corrected chi connectivity index (χ0v) is 11.1. The molecule has 2 rings (SSSR count). The van der Waals surface area contributed by atoms with Crippen molar-refractivity contribution >= 4 is 0 Å². The second-order valence-electron chi connectivity index (χ2n) is 4.55. The average molecular weight is 278 g/mol. The lowest BCUT2D eigenvalue weighted by atomic mass is 10.1. The van der Waals surface area contributed by atoms with Crippen molar-refractivity contribution in [2.24, 2.45) is 5.73 Å². The number of halogens is 2. The number of ether oxygens (including phenoxy) is 1. The molecule has 0 bridgehead atoms. The standard InChI is InChI=1S/C15H16F2N2O/c1-2-12(18)7-10-3-6-15(19-9-10)20-14-8-11(16)4-5-13(14)17/h3-6,8-9,12H,2,7,18H2,1H3. The summed E-state index contributed by atoms with van der Waals surface area (Å²) in [6.07, 6.45) is 3.23. The second-order valence-corrected chi connectivity index (χ2v) is 4.55. The first kappa shape index (κ1) is 14.4. The average Bonchev–Trinajstić information content (AvgIpc) is 2.45. The Labute approximate surface area is 116 Å². The van der Waals surface area contributed by atoms with E-state index in [9.17, 15) is 8.78 Å². The third-order valence-electron chi connectivity index (χ3n) is 2.93. The van der Waals surface area contributed by atoms with Crippen LogP contribution in [0.5, 0.6) is 11.6 Å². The van der Waals surface area contributed by atoms with Crippen LogP contribution in [0.15, 0.2) is 36.5 Å². The maximum atomic E-state index is 13.4. The van der Waals surface area contributed by atoms with Gasteiger partial charge < -0.3 is 10.5 Å². The van der Waals surface area contributed by atoms with Gasteiger partial charge in [0.25, 0.3) is 0 Å². The van der Waals surface area contributed by atoms with Gasteiger partial charge in [0.05, 0.1) is 0 Å². The minimum absolute atomic E-state index is 0.0873. The highest BCUT2D eigenvalue weighted by atomic mass is 19.1. The van der Waals surface area contributed by atoms with Crippen molar-refractivity contribution in [2.75, 3.05) is 0 Å². The van der Waals surface area contributed by atoms with Gasteiger partial charge in [0.2, 0.25) is 5.88 Å². The van der Waals surface area contributed by atoms with Crippen molar-refractivity contribution in [1.82, 2.24) is 4.98 Å². The summed E-state index contributed by atoms with van der Waals surface area (Å²) in [5.74, 6) is -1.17.